The molecule has 2 aromatic heterocycles. The van der Waals surface area contributed by atoms with Gasteiger partial charge in [-0.05, 0) is 68.1 Å². The monoisotopic (exact) mass is 651 g/mol. The highest BCUT2D eigenvalue weighted by molar-refractivity contribution is 6.12. The molecule has 8 aromatic carbocycles. The maximum Gasteiger partial charge on any atom is 0.164 e. The lowest BCUT2D eigenvalue weighted by molar-refractivity contribution is 0.669. The number of nitrogens with zero attached hydrogens (tertiary/aromatic N) is 3. The predicted octanol–water partition coefficient (Wildman–Crippen LogP) is 12.4. The van der Waals surface area contributed by atoms with Gasteiger partial charge in [0.05, 0.1) is 0 Å². The van der Waals surface area contributed by atoms with Gasteiger partial charge in [0.1, 0.15) is 11.2 Å². The van der Waals surface area contributed by atoms with Crippen LogP contribution in [0.2, 0.25) is 0 Å². The van der Waals surface area contributed by atoms with E-state index >= 15 is 0 Å². The van der Waals surface area contributed by atoms with Crippen LogP contribution in [0.5, 0.6) is 0 Å². The van der Waals surface area contributed by atoms with E-state index in [4.69, 9.17) is 19.4 Å². The lowest BCUT2D eigenvalue weighted by atomic mass is 9.95. The SMILES string of the molecule is c1ccc(-c2ccc3c(ccc4ccc(-c5ccc(-c6nc(-c7ccccc7)nc(-c7cccc8oc9ccccc9c78)n6)cc5)cc43)c2)cc1. The molecular formula is C47H29N3O. The summed E-state index contributed by atoms with van der Waals surface area (Å²) in [6.45, 7) is 0. The Morgan fingerprint density at radius 1 is 0.314 bits per heavy atom. The molecule has 10 rings (SSSR count). The molecule has 0 aliphatic heterocycles. The predicted molar refractivity (Wildman–Crippen MR) is 209 cm³/mol. The fourth-order valence-electron chi connectivity index (χ4n) is 7.16. The van der Waals surface area contributed by atoms with Crippen molar-refractivity contribution in [2.45, 2.75) is 0 Å². The third kappa shape index (κ3) is 5.13. The van der Waals surface area contributed by atoms with Crippen molar-refractivity contribution < 1.29 is 4.42 Å². The summed E-state index contributed by atoms with van der Waals surface area (Å²) in [5.74, 6) is 1.85. The summed E-state index contributed by atoms with van der Waals surface area (Å²) in [5.41, 5.74) is 9.15. The van der Waals surface area contributed by atoms with Crippen LogP contribution >= 0.6 is 0 Å². The van der Waals surface area contributed by atoms with Crippen molar-refractivity contribution in [1.29, 1.82) is 0 Å². The van der Waals surface area contributed by atoms with E-state index in [1.165, 1.54) is 32.7 Å². The van der Waals surface area contributed by atoms with Crippen LogP contribution in [0, 0.1) is 0 Å². The number of aromatic nitrogens is 3. The average molecular weight is 652 g/mol. The minimum Gasteiger partial charge on any atom is -0.456 e. The van der Waals surface area contributed by atoms with Crippen molar-refractivity contribution in [3.63, 3.8) is 0 Å². The Labute approximate surface area is 294 Å². The van der Waals surface area contributed by atoms with E-state index in [9.17, 15) is 0 Å². The summed E-state index contributed by atoms with van der Waals surface area (Å²) < 4.78 is 6.20. The second kappa shape index (κ2) is 11.9. The Morgan fingerprint density at radius 2 is 0.863 bits per heavy atom. The largest absolute Gasteiger partial charge is 0.456 e. The van der Waals surface area contributed by atoms with Crippen molar-refractivity contribution in [2.75, 3.05) is 0 Å². The summed E-state index contributed by atoms with van der Waals surface area (Å²) in [6.07, 6.45) is 0. The fourth-order valence-corrected chi connectivity index (χ4v) is 7.16. The van der Waals surface area contributed by atoms with Crippen LogP contribution in [0.3, 0.4) is 0 Å². The molecule has 0 aliphatic carbocycles. The molecule has 4 heteroatoms. The molecule has 0 atom stereocenters. The number of hydrogen-bond donors (Lipinski definition) is 0. The van der Waals surface area contributed by atoms with E-state index in [0.29, 0.717) is 17.5 Å². The maximum absolute atomic E-state index is 6.20. The van der Waals surface area contributed by atoms with E-state index in [1.807, 2.05) is 60.7 Å². The zero-order valence-electron chi connectivity index (χ0n) is 27.5. The molecule has 4 nitrogen and oxygen atoms in total. The third-order valence-electron chi connectivity index (χ3n) is 9.73. The minimum atomic E-state index is 0.608. The lowest BCUT2D eigenvalue weighted by Crippen LogP contribution is -2.00. The van der Waals surface area contributed by atoms with E-state index in [2.05, 4.69) is 115 Å². The van der Waals surface area contributed by atoms with Crippen molar-refractivity contribution >= 4 is 43.5 Å². The van der Waals surface area contributed by atoms with Crippen molar-refractivity contribution in [3.8, 4) is 56.4 Å². The zero-order chi connectivity index (χ0) is 33.7. The molecule has 0 amide bonds. The maximum atomic E-state index is 6.20. The van der Waals surface area contributed by atoms with Crippen molar-refractivity contribution in [2.24, 2.45) is 0 Å². The van der Waals surface area contributed by atoms with Crippen LogP contribution in [0.4, 0.5) is 0 Å². The van der Waals surface area contributed by atoms with Crippen LogP contribution in [0.25, 0.3) is 99.9 Å². The minimum absolute atomic E-state index is 0.608. The number of rotatable bonds is 5. The first-order valence-electron chi connectivity index (χ1n) is 17.1. The molecule has 0 unspecified atom stereocenters. The van der Waals surface area contributed by atoms with Gasteiger partial charge in [-0.1, -0.05) is 152 Å². The van der Waals surface area contributed by atoms with Gasteiger partial charge in [0, 0.05) is 27.5 Å². The number of fused-ring (bicyclic) bond motifs is 6. The van der Waals surface area contributed by atoms with Gasteiger partial charge in [-0.25, -0.2) is 15.0 Å². The molecule has 2 heterocycles. The highest BCUT2D eigenvalue weighted by atomic mass is 16.3. The molecule has 238 valence electrons. The first kappa shape index (κ1) is 29.0. The number of furan rings is 1. The molecule has 0 saturated carbocycles. The van der Waals surface area contributed by atoms with Crippen LogP contribution in [-0.4, -0.2) is 15.0 Å². The van der Waals surface area contributed by atoms with Crippen LogP contribution in [0.15, 0.2) is 180 Å². The van der Waals surface area contributed by atoms with Crippen LogP contribution in [0.1, 0.15) is 0 Å². The lowest BCUT2D eigenvalue weighted by Gasteiger charge is -2.11. The number of para-hydroxylation sites is 1. The van der Waals surface area contributed by atoms with Gasteiger partial charge in [0.2, 0.25) is 0 Å². The van der Waals surface area contributed by atoms with E-state index < -0.39 is 0 Å². The van der Waals surface area contributed by atoms with Crippen molar-refractivity contribution in [3.05, 3.63) is 176 Å². The van der Waals surface area contributed by atoms with Gasteiger partial charge in [-0.15, -0.1) is 0 Å². The van der Waals surface area contributed by atoms with E-state index in [-0.39, 0.29) is 0 Å². The Bertz CT molecular complexity index is 2900. The van der Waals surface area contributed by atoms with Gasteiger partial charge in [0.15, 0.2) is 17.5 Å². The van der Waals surface area contributed by atoms with Crippen LogP contribution < -0.4 is 0 Å². The second-order valence-electron chi connectivity index (χ2n) is 12.8. The zero-order valence-corrected chi connectivity index (χ0v) is 27.5. The summed E-state index contributed by atoms with van der Waals surface area (Å²) >= 11 is 0. The summed E-state index contributed by atoms with van der Waals surface area (Å²) in [7, 11) is 0. The second-order valence-corrected chi connectivity index (χ2v) is 12.8. The van der Waals surface area contributed by atoms with Gasteiger partial charge < -0.3 is 4.42 Å². The summed E-state index contributed by atoms with van der Waals surface area (Å²) in [6, 6.07) is 61.2. The molecule has 10 aromatic rings. The topological polar surface area (TPSA) is 51.8 Å². The van der Waals surface area contributed by atoms with Gasteiger partial charge in [-0.2, -0.15) is 0 Å². The summed E-state index contributed by atoms with van der Waals surface area (Å²) in [5, 5.41) is 6.98. The van der Waals surface area contributed by atoms with E-state index in [0.717, 1.165) is 49.8 Å². The molecule has 0 radical (unpaired) electrons. The number of benzene rings is 8. The van der Waals surface area contributed by atoms with E-state index in [1.54, 1.807) is 0 Å². The van der Waals surface area contributed by atoms with Crippen molar-refractivity contribution in [1.82, 2.24) is 15.0 Å². The first-order chi connectivity index (χ1) is 25.2. The fraction of sp³-hybridized carbons (Fsp3) is 0. The average Bonchev–Trinajstić information content (AvgIpc) is 3.60. The Morgan fingerprint density at radius 3 is 1.67 bits per heavy atom. The Balaban J connectivity index is 1.06. The van der Waals surface area contributed by atoms with Gasteiger partial charge >= 0.3 is 0 Å². The normalized spacial score (nSPS) is 11.5. The molecule has 0 spiro atoms. The quantitative estimate of drug-likeness (QED) is 0.174. The third-order valence-corrected chi connectivity index (χ3v) is 9.73. The summed E-state index contributed by atoms with van der Waals surface area (Å²) in [4.78, 5) is 15.1. The molecule has 0 saturated heterocycles. The molecular weight excluding hydrogens is 623 g/mol. The standard InChI is InChI=1S/C47H29N3O/c1-3-10-30(11-4-1)35-26-27-38-37(28-35)25-21-32-20-24-36(29-41(32)38)31-18-22-34(23-19-31)46-48-45(33-12-5-2-6-13-33)49-47(50-46)40-15-9-17-43-44(40)39-14-7-8-16-42(39)51-43/h1-29H. The smallest absolute Gasteiger partial charge is 0.164 e. The van der Waals surface area contributed by atoms with Gasteiger partial charge in [-0.3, -0.25) is 0 Å². The first-order valence-corrected chi connectivity index (χ1v) is 17.1. The highest BCUT2D eigenvalue weighted by Gasteiger charge is 2.18. The van der Waals surface area contributed by atoms with Gasteiger partial charge in [0.25, 0.3) is 0 Å². The number of hydrogen-bond acceptors (Lipinski definition) is 4. The molecule has 0 fully saturated rings. The molecule has 51 heavy (non-hydrogen) atoms. The Hall–Kier alpha value is -6.91. The molecule has 0 bridgehead atoms. The highest BCUT2D eigenvalue weighted by Crippen LogP contribution is 2.37. The van der Waals surface area contributed by atoms with Crippen LogP contribution in [-0.2, 0) is 0 Å². The Kier molecular flexibility index (Phi) is 6.78. The molecule has 0 N–H and O–H groups in total. The molecule has 0 aliphatic rings.